The SMILES string of the molecule is O=C(O)COc1ccc(C(=O)C=Cc2ccc(C(=O)O)cc2)cc1F. The fourth-order valence-electron chi connectivity index (χ4n) is 1.92. The molecular weight excluding hydrogens is 331 g/mol. The van der Waals surface area contributed by atoms with Crippen molar-refractivity contribution in [3.8, 4) is 5.75 Å². The zero-order chi connectivity index (χ0) is 18.4. The molecule has 0 fully saturated rings. The molecule has 0 heterocycles. The number of carbonyl (C=O) groups excluding carboxylic acids is 1. The summed E-state index contributed by atoms with van der Waals surface area (Å²) in [6.45, 7) is -0.684. The molecule has 0 bridgehead atoms. The molecule has 2 aromatic carbocycles. The number of halogens is 1. The van der Waals surface area contributed by atoms with Gasteiger partial charge < -0.3 is 14.9 Å². The van der Waals surface area contributed by atoms with Gasteiger partial charge in [-0.25, -0.2) is 14.0 Å². The standard InChI is InChI=1S/C18H13FO6/c19-14-9-13(6-8-16(14)25-10-17(21)22)15(20)7-3-11-1-4-12(5-2-11)18(23)24/h1-9H,10H2,(H,21,22)(H,23,24). The van der Waals surface area contributed by atoms with E-state index in [-0.39, 0.29) is 16.9 Å². The van der Waals surface area contributed by atoms with Gasteiger partial charge in [-0.1, -0.05) is 18.2 Å². The Hall–Kier alpha value is -3.48. The Morgan fingerprint density at radius 1 is 1.00 bits per heavy atom. The Morgan fingerprint density at radius 2 is 1.64 bits per heavy atom. The second-order valence-corrected chi connectivity index (χ2v) is 4.95. The molecule has 6 nitrogen and oxygen atoms in total. The van der Waals surface area contributed by atoms with Gasteiger partial charge in [-0.15, -0.1) is 0 Å². The van der Waals surface area contributed by atoms with Crippen LogP contribution in [0.1, 0.15) is 26.3 Å². The summed E-state index contributed by atoms with van der Waals surface area (Å²) in [7, 11) is 0. The van der Waals surface area contributed by atoms with E-state index in [4.69, 9.17) is 14.9 Å². The molecule has 0 aliphatic heterocycles. The van der Waals surface area contributed by atoms with Gasteiger partial charge in [-0.3, -0.25) is 4.79 Å². The molecule has 0 aliphatic carbocycles. The van der Waals surface area contributed by atoms with Gasteiger partial charge in [0.05, 0.1) is 5.56 Å². The summed E-state index contributed by atoms with van der Waals surface area (Å²) in [6, 6.07) is 9.34. The second-order valence-electron chi connectivity index (χ2n) is 4.95. The van der Waals surface area contributed by atoms with E-state index in [0.29, 0.717) is 5.56 Å². The Balaban J connectivity index is 2.08. The summed E-state index contributed by atoms with van der Waals surface area (Å²) in [5, 5.41) is 17.3. The van der Waals surface area contributed by atoms with Crippen LogP contribution in [0.3, 0.4) is 0 Å². The summed E-state index contributed by atoms with van der Waals surface area (Å²) in [5.41, 5.74) is 0.807. The van der Waals surface area contributed by atoms with Gasteiger partial charge in [-0.05, 0) is 42.0 Å². The van der Waals surface area contributed by atoms with E-state index >= 15 is 0 Å². The number of aliphatic carboxylic acids is 1. The average Bonchev–Trinajstić information content (AvgIpc) is 2.58. The molecule has 25 heavy (non-hydrogen) atoms. The third-order valence-corrected chi connectivity index (χ3v) is 3.15. The average molecular weight is 344 g/mol. The van der Waals surface area contributed by atoms with Crippen LogP contribution < -0.4 is 4.74 Å². The molecule has 128 valence electrons. The van der Waals surface area contributed by atoms with E-state index in [1.807, 2.05) is 0 Å². The normalized spacial score (nSPS) is 10.6. The van der Waals surface area contributed by atoms with Crippen molar-refractivity contribution in [2.45, 2.75) is 0 Å². The number of hydrogen-bond acceptors (Lipinski definition) is 4. The van der Waals surface area contributed by atoms with Gasteiger partial charge in [0.15, 0.2) is 24.0 Å². The quantitative estimate of drug-likeness (QED) is 0.592. The topological polar surface area (TPSA) is 101 Å². The van der Waals surface area contributed by atoms with Gasteiger partial charge in [-0.2, -0.15) is 0 Å². The molecule has 2 aromatic rings. The number of aromatic carboxylic acids is 1. The minimum absolute atomic E-state index is 0.0681. The number of ether oxygens (including phenoxy) is 1. The highest BCUT2D eigenvalue weighted by molar-refractivity contribution is 6.06. The third-order valence-electron chi connectivity index (χ3n) is 3.15. The van der Waals surface area contributed by atoms with E-state index in [9.17, 15) is 18.8 Å². The molecule has 0 radical (unpaired) electrons. The number of hydrogen-bond donors (Lipinski definition) is 2. The molecule has 2 N–H and O–H groups in total. The predicted octanol–water partition coefficient (Wildman–Crippen LogP) is 2.88. The molecular formula is C18H13FO6. The van der Waals surface area contributed by atoms with Crippen molar-refractivity contribution in [3.05, 3.63) is 71.0 Å². The van der Waals surface area contributed by atoms with Gasteiger partial charge in [0.25, 0.3) is 0 Å². The number of carbonyl (C=O) groups is 3. The van der Waals surface area contributed by atoms with Gasteiger partial charge in [0.1, 0.15) is 0 Å². The summed E-state index contributed by atoms with van der Waals surface area (Å²) in [4.78, 5) is 33.2. The van der Waals surface area contributed by atoms with Crippen molar-refractivity contribution in [2.24, 2.45) is 0 Å². The smallest absolute Gasteiger partial charge is 0.341 e. The minimum atomic E-state index is -1.24. The maximum atomic E-state index is 13.8. The molecule has 0 saturated heterocycles. The van der Waals surface area contributed by atoms with Crippen LogP contribution in [0, 0.1) is 5.82 Å². The minimum Gasteiger partial charge on any atom is -0.479 e. The zero-order valence-electron chi connectivity index (χ0n) is 12.8. The first kappa shape index (κ1) is 17.9. The number of rotatable bonds is 7. The Bertz CT molecular complexity index is 839. The molecule has 0 amide bonds. The number of carboxylic acid groups (broad SMARTS) is 2. The second kappa shape index (κ2) is 7.87. The van der Waals surface area contributed by atoms with E-state index in [0.717, 1.165) is 6.07 Å². The van der Waals surface area contributed by atoms with Crippen molar-refractivity contribution in [3.63, 3.8) is 0 Å². The first-order valence-corrected chi connectivity index (χ1v) is 7.07. The number of carboxylic acids is 2. The van der Waals surface area contributed by atoms with Crippen molar-refractivity contribution >= 4 is 23.8 Å². The first-order valence-electron chi connectivity index (χ1n) is 7.07. The van der Waals surface area contributed by atoms with Crippen LogP contribution >= 0.6 is 0 Å². The molecule has 0 atom stereocenters. The van der Waals surface area contributed by atoms with Crippen LogP contribution in [0.15, 0.2) is 48.5 Å². The predicted molar refractivity (Wildman–Crippen MR) is 86.3 cm³/mol. The van der Waals surface area contributed by atoms with Crippen LogP contribution in [0.4, 0.5) is 4.39 Å². The molecule has 0 aromatic heterocycles. The summed E-state index contributed by atoms with van der Waals surface area (Å²) < 4.78 is 18.5. The fraction of sp³-hybridized carbons (Fsp3) is 0.0556. The maximum Gasteiger partial charge on any atom is 0.341 e. The summed E-state index contributed by atoms with van der Waals surface area (Å²) in [6.07, 6.45) is 2.70. The summed E-state index contributed by atoms with van der Waals surface area (Å²) >= 11 is 0. The Labute approximate surface area is 141 Å². The summed E-state index contributed by atoms with van der Waals surface area (Å²) in [5.74, 6) is -3.85. The lowest BCUT2D eigenvalue weighted by molar-refractivity contribution is -0.139. The molecule has 0 spiro atoms. The third kappa shape index (κ3) is 5.00. The van der Waals surface area contributed by atoms with Crippen LogP contribution in [-0.4, -0.2) is 34.5 Å². The molecule has 2 rings (SSSR count). The van der Waals surface area contributed by atoms with Gasteiger partial charge in [0, 0.05) is 5.56 Å². The van der Waals surface area contributed by atoms with E-state index in [1.54, 1.807) is 0 Å². The van der Waals surface area contributed by atoms with Crippen molar-refractivity contribution in [2.75, 3.05) is 6.61 Å². The lowest BCUT2D eigenvalue weighted by Crippen LogP contribution is -2.10. The molecule has 7 heteroatoms. The van der Waals surface area contributed by atoms with E-state index in [2.05, 4.69) is 0 Å². The van der Waals surface area contributed by atoms with Crippen LogP contribution in [0.25, 0.3) is 6.08 Å². The number of benzene rings is 2. The van der Waals surface area contributed by atoms with Crippen molar-refractivity contribution in [1.29, 1.82) is 0 Å². The van der Waals surface area contributed by atoms with Crippen LogP contribution in [-0.2, 0) is 4.79 Å². The van der Waals surface area contributed by atoms with E-state index < -0.39 is 30.1 Å². The largest absolute Gasteiger partial charge is 0.479 e. The molecule has 0 unspecified atom stereocenters. The van der Waals surface area contributed by atoms with Crippen molar-refractivity contribution in [1.82, 2.24) is 0 Å². The maximum absolute atomic E-state index is 13.8. The Morgan fingerprint density at radius 3 is 2.20 bits per heavy atom. The highest BCUT2D eigenvalue weighted by atomic mass is 19.1. The highest BCUT2D eigenvalue weighted by Gasteiger charge is 2.10. The lowest BCUT2D eigenvalue weighted by Gasteiger charge is -2.05. The zero-order valence-corrected chi connectivity index (χ0v) is 12.8. The highest BCUT2D eigenvalue weighted by Crippen LogP contribution is 2.19. The lowest BCUT2D eigenvalue weighted by atomic mass is 10.1. The molecule has 0 aliphatic rings. The fourth-order valence-corrected chi connectivity index (χ4v) is 1.92. The van der Waals surface area contributed by atoms with Crippen molar-refractivity contribution < 1.29 is 33.7 Å². The van der Waals surface area contributed by atoms with Crippen LogP contribution in [0.5, 0.6) is 5.75 Å². The molecule has 0 saturated carbocycles. The number of allylic oxidation sites excluding steroid dienone is 1. The van der Waals surface area contributed by atoms with E-state index in [1.165, 1.54) is 48.6 Å². The van der Waals surface area contributed by atoms with Crippen LogP contribution in [0.2, 0.25) is 0 Å². The monoisotopic (exact) mass is 344 g/mol. The van der Waals surface area contributed by atoms with Gasteiger partial charge in [0.2, 0.25) is 0 Å². The number of ketones is 1. The van der Waals surface area contributed by atoms with Gasteiger partial charge >= 0.3 is 11.9 Å². The Kier molecular flexibility index (Phi) is 5.62. The first-order chi connectivity index (χ1) is 11.9.